The summed E-state index contributed by atoms with van der Waals surface area (Å²) in [5, 5.41) is 14.1. The Balaban J connectivity index is 1.89. The number of aliphatic hydroxyl groups excluding tert-OH is 1. The molecule has 2 aromatic rings. The van der Waals surface area contributed by atoms with Gasteiger partial charge in [-0.2, -0.15) is 5.10 Å². The summed E-state index contributed by atoms with van der Waals surface area (Å²) >= 11 is 6.06. The number of aliphatic hydroxyl groups is 1. The molecule has 0 unspecified atom stereocenters. The minimum Gasteiger partial charge on any atom is -0.393 e. The van der Waals surface area contributed by atoms with Crippen LogP contribution in [0.2, 0.25) is 5.02 Å². The molecule has 3 rings (SSSR count). The van der Waals surface area contributed by atoms with E-state index in [0.717, 1.165) is 11.1 Å². The van der Waals surface area contributed by atoms with Crippen LogP contribution in [0.3, 0.4) is 0 Å². The Morgan fingerprint density at radius 2 is 2.12 bits per heavy atom. The van der Waals surface area contributed by atoms with Crippen molar-refractivity contribution in [3.05, 3.63) is 46.7 Å². The minimum atomic E-state index is -3.73. The Morgan fingerprint density at radius 1 is 1.42 bits per heavy atom. The second kappa shape index (κ2) is 6.48. The minimum absolute atomic E-state index is 0.0416. The van der Waals surface area contributed by atoms with Gasteiger partial charge in [0.2, 0.25) is 10.0 Å². The van der Waals surface area contributed by atoms with Gasteiger partial charge in [0, 0.05) is 23.8 Å². The topological polar surface area (TPSA) is 84.2 Å². The van der Waals surface area contributed by atoms with Crippen molar-refractivity contribution in [2.75, 3.05) is 0 Å². The van der Waals surface area contributed by atoms with Crippen molar-refractivity contribution in [3.63, 3.8) is 0 Å². The highest BCUT2D eigenvalue weighted by Gasteiger charge is 2.37. The SMILES string of the molecule is Cc1ccc(S(=O)(=O)N[C@H](c2cnn(C)c2)C2CC(O)C2)cc1Cl. The molecular formula is C16H20ClN3O3S. The zero-order valence-electron chi connectivity index (χ0n) is 13.5. The van der Waals surface area contributed by atoms with Crippen LogP contribution in [0.5, 0.6) is 0 Å². The summed E-state index contributed by atoms with van der Waals surface area (Å²) in [6, 6.07) is 4.25. The van der Waals surface area contributed by atoms with Crippen LogP contribution in [-0.2, 0) is 17.1 Å². The number of rotatable bonds is 5. The third-order valence-electron chi connectivity index (χ3n) is 4.44. The van der Waals surface area contributed by atoms with E-state index >= 15 is 0 Å². The molecule has 1 heterocycles. The van der Waals surface area contributed by atoms with Crippen LogP contribution in [0.25, 0.3) is 0 Å². The lowest BCUT2D eigenvalue weighted by molar-refractivity contribution is 0.0280. The van der Waals surface area contributed by atoms with Gasteiger partial charge in [-0.15, -0.1) is 0 Å². The number of sulfonamides is 1. The highest BCUT2D eigenvalue weighted by Crippen LogP contribution is 2.38. The maximum Gasteiger partial charge on any atom is 0.241 e. The molecular weight excluding hydrogens is 350 g/mol. The molecule has 1 aromatic heterocycles. The molecule has 1 aliphatic carbocycles. The standard InChI is InChI=1S/C16H20ClN3O3S/c1-10-3-4-14(7-15(10)17)24(22,23)19-16(11-5-13(21)6-11)12-8-18-20(2)9-12/h3-4,7-9,11,13,16,19,21H,5-6H2,1-2H3/t11?,13?,16-/m0/s1. The van der Waals surface area contributed by atoms with E-state index in [4.69, 9.17) is 11.6 Å². The second-order valence-corrected chi connectivity index (χ2v) is 8.46. The molecule has 6 nitrogen and oxygen atoms in total. The van der Waals surface area contributed by atoms with Crippen LogP contribution in [0, 0.1) is 12.8 Å². The summed E-state index contributed by atoms with van der Waals surface area (Å²) in [5.41, 5.74) is 1.61. The van der Waals surface area contributed by atoms with Crippen molar-refractivity contribution in [2.24, 2.45) is 13.0 Å². The average molecular weight is 370 g/mol. The summed E-state index contributed by atoms with van der Waals surface area (Å²) < 4.78 is 29.9. The average Bonchev–Trinajstić information content (AvgIpc) is 2.91. The molecule has 1 saturated carbocycles. The molecule has 0 radical (unpaired) electrons. The molecule has 24 heavy (non-hydrogen) atoms. The lowest BCUT2D eigenvalue weighted by Crippen LogP contribution is -2.41. The maximum atomic E-state index is 12.8. The van der Waals surface area contributed by atoms with Gasteiger partial charge in [-0.25, -0.2) is 13.1 Å². The first-order valence-electron chi connectivity index (χ1n) is 7.71. The predicted octanol–water partition coefficient (Wildman–Crippen LogP) is 2.17. The molecule has 1 aliphatic rings. The normalized spacial score (nSPS) is 22.2. The number of hydrogen-bond donors (Lipinski definition) is 2. The fraction of sp³-hybridized carbons (Fsp3) is 0.438. The Bertz CT molecular complexity index is 844. The lowest BCUT2D eigenvalue weighted by atomic mass is 9.76. The van der Waals surface area contributed by atoms with Gasteiger partial charge >= 0.3 is 0 Å². The van der Waals surface area contributed by atoms with Crippen molar-refractivity contribution < 1.29 is 13.5 Å². The molecule has 130 valence electrons. The number of hydrogen-bond acceptors (Lipinski definition) is 4. The number of aryl methyl sites for hydroxylation is 2. The van der Waals surface area contributed by atoms with Gasteiger partial charge in [0.1, 0.15) is 0 Å². The maximum absolute atomic E-state index is 12.8. The molecule has 1 atom stereocenters. The first-order chi connectivity index (χ1) is 11.3. The largest absolute Gasteiger partial charge is 0.393 e. The number of aromatic nitrogens is 2. The van der Waals surface area contributed by atoms with Gasteiger partial charge in [-0.1, -0.05) is 17.7 Å². The van der Waals surface area contributed by atoms with Crippen molar-refractivity contribution >= 4 is 21.6 Å². The van der Waals surface area contributed by atoms with Crippen LogP contribution in [-0.4, -0.2) is 29.4 Å². The summed E-state index contributed by atoms with van der Waals surface area (Å²) in [6.45, 7) is 1.82. The van der Waals surface area contributed by atoms with Gasteiger partial charge in [-0.05, 0) is 43.4 Å². The van der Waals surface area contributed by atoms with Gasteiger partial charge in [0.25, 0.3) is 0 Å². The summed E-state index contributed by atoms with van der Waals surface area (Å²) in [5.74, 6) is 0.0416. The van der Waals surface area contributed by atoms with Crippen molar-refractivity contribution in [2.45, 2.75) is 36.8 Å². The van der Waals surface area contributed by atoms with Crippen molar-refractivity contribution in [1.29, 1.82) is 0 Å². The third-order valence-corrected chi connectivity index (χ3v) is 6.29. The van der Waals surface area contributed by atoms with E-state index in [1.54, 1.807) is 36.3 Å². The molecule has 0 spiro atoms. The Hall–Kier alpha value is -1.41. The quantitative estimate of drug-likeness (QED) is 0.846. The molecule has 0 aliphatic heterocycles. The van der Waals surface area contributed by atoms with E-state index in [1.165, 1.54) is 6.07 Å². The van der Waals surface area contributed by atoms with E-state index in [0.29, 0.717) is 17.9 Å². The summed E-state index contributed by atoms with van der Waals surface area (Å²) in [6.07, 6.45) is 4.21. The Kier molecular flexibility index (Phi) is 4.70. The number of halogens is 1. The van der Waals surface area contributed by atoms with Gasteiger partial charge in [0.05, 0.1) is 23.2 Å². The van der Waals surface area contributed by atoms with E-state index < -0.39 is 16.1 Å². The molecule has 2 N–H and O–H groups in total. The number of nitrogens with zero attached hydrogens (tertiary/aromatic N) is 2. The van der Waals surface area contributed by atoms with Crippen molar-refractivity contribution in [1.82, 2.24) is 14.5 Å². The predicted molar refractivity (Wildman–Crippen MR) is 91.2 cm³/mol. The van der Waals surface area contributed by atoms with Crippen molar-refractivity contribution in [3.8, 4) is 0 Å². The molecule has 8 heteroatoms. The van der Waals surface area contributed by atoms with E-state index in [2.05, 4.69) is 9.82 Å². The molecule has 0 amide bonds. The molecule has 0 bridgehead atoms. The molecule has 1 aromatic carbocycles. The molecule has 0 saturated heterocycles. The second-order valence-electron chi connectivity index (χ2n) is 6.34. The highest BCUT2D eigenvalue weighted by molar-refractivity contribution is 7.89. The number of nitrogens with one attached hydrogen (secondary N) is 1. The summed E-state index contributed by atoms with van der Waals surface area (Å²) in [7, 11) is -1.95. The smallest absolute Gasteiger partial charge is 0.241 e. The molecule has 1 fully saturated rings. The fourth-order valence-corrected chi connectivity index (χ4v) is 4.48. The summed E-state index contributed by atoms with van der Waals surface area (Å²) in [4.78, 5) is 0.131. The van der Waals surface area contributed by atoms with E-state index in [-0.39, 0.29) is 16.9 Å². The Morgan fingerprint density at radius 3 is 2.67 bits per heavy atom. The van der Waals surface area contributed by atoms with Crippen LogP contribution in [0.1, 0.15) is 30.0 Å². The van der Waals surface area contributed by atoms with Crippen LogP contribution in [0.15, 0.2) is 35.5 Å². The van der Waals surface area contributed by atoms with E-state index in [1.807, 2.05) is 6.92 Å². The number of benzene rings is 1. The zero-order chi connectivity index (χ0) is 17.5. The first kappa shape index (κ1) is 17.4. The lowest BCUT2D eigenvalue weighted by Gasteiger charge is -2.37. The monoisotopic (exact) mass is 369 g/mol. The first-order valence-corrected chi connectivity index (χ1v) is 9.57. The van der Waals surface area contributed by atoms with Crippen LogP contribution >= 0.6 is 11.6 Å². The van der Waals surface area contributed by atoms with Crippen LogP contribution < -0.4 is 4.72 Å². The Labute approximate surface area is 146 Å². The van der Waals surface area contributed by atoms with Gasteiger partial charge < -0.3 is 5.11 Å². The highest BCUT2D eigenvalue weighted by atomic mass is 35.5. The van der Waals surface area contributed by atoms with Crippen LogP contribution in [0.4, 0.5) is 0 Å². The van der Waals surface area contributed by atoms with Gasteiger partial charge in [0.15, 0.2) is 0 Å². The van der Waals surface area contributed by atoms with Gasteiger partial charge in [-0.3, -0.25) is 4.68 Å². The van der Waals surface area contributed by atoms with E-state index in [9.17, 15) is 13.5 Å². The third kappa shape index (κ3) is 3.49. The zero-order valence-corrected chi connectivity index (χ0v) is 15.0. The fourth-order valence-electron chi connectivity index (χ4n) is 2.92.